The Kier molecular flexibility index (Phi) is 4.12. The van der Waals surface area contributed by atoms with Gasteiger partial charge in [0.15, 0.2) is 0 Å². The fraction of sp³-hybridized carbons (Fsp3) is 0.312. The first-order valence-corrected chi connectivity index (χ1v) is 8.76. The highest BCUT2D eigenvalue weighted by Crippen LogP contribution is 2.33. The Bertz CT molecular complexity index is 650. The van der Waals surface area contributed by atoms with Gasteiger partial charge in [-0.05, 0) is 65.5 Å². The van der Waals surface area contributed by atoms with E-state index in [1.165, 1.54) is 16.9 Å². The maximum atomic E-state index is 12.5. The quantitative estimate of drug-likeness (QED) is 0.730. The van der Waals surface area contributed by atoms with E-state index in [1.54, 1.807) is 11.3 Å². The third kappa shape index (κ3) is 2.76. The molecule has 1 N–H and O–H groups in total. The molecule has 1 unspecified atom stereocenters. The van der Waals surface area contributed by atoms with Crippen LogP contribution in [0.15, 0.2) is 29.6 Å². The zero-order valence-corrected chi connectivity index (χ0v) is 14.3. The van der Waals surface area contributed by atoms with Gasteiger partial charge in [0.2, 0.25) is 0 Å². The van der Waals surface area contributed by atoms with Crippen LogP contribution in [0.4, 0.5) is 5.69 Å². The van der Waals surface area contributed by atoms with Gasteiger partial charge in [0.1, 0.15) is 0 Å². The molecule has 4 heteroatoms. The molecule has 1 aromatic heterocycles. The van der Waals surface area contributed by atoms with E-state index in [4.69, 9.17) is 0 Å². The second-order valence-electron chi connectivity index (χ2n) is 5.33. The minimum absolute atomic E-state index is 0.0289. The molecule has 1 heterocycles. The van der Waals surface area contributed by atoms with E-state index in [9.17, 15) is 4.79 Å². The van der Waals surface area contributed by atoms with Crippen LogP contribution in [0.1, 0.15) is 34.1 Å². The Labute approximate surface area is 136 Å². The SMILES string of the molecule is CC1CCc2c(C(=O)Nc3ccccc3I)csc2C1. The smallest absolute Gasteiger partial charge is 0.256 e. The number of carbonyl (C=O) groups excluding carboxylic acids is 1. The summed E-state index contributed by atoms with van der Waals surface area (Å²) in [6.45, 7) is 2.29. The molecule has 0 bridgehead atoms. The van der Waals surface area contributed by atoms with Gasteiger partial charge in [-0.25, -0.2) is 0 Å². The number of benzene rings is 1. The number of rotatable bonds is 2. The van der Waals surface area contributed by atoms with Crippen molar-refractivity contribution >= 4 is 45.5 Å². The Balaban J connectivity index is 1.84. The monoisotopic (exact) mass is 397 g/mol. The van der Waals surface area contributed by atoms with E-state index >= 15 is 0 Å². The number of hydrogen-bond acceptors (Lipinski definition) is 2. The second kappa shape index (κ2) is 5.85. The van der Waals surface area contributed by atoms with Gasteiger partial charge in [0.25, 0.3) is 5.91 Å². The summed E-state index contributed by atoms with van der Waals surface area (Å²) in [5, 5.41) is 5.06. The average molecular weight is 397 g/mol. The van der Waals surface area contributed by atoms with Crippen molar-refractivity contribution in [1.29, 1.82) is 0 Å². The Morgan fingerprint density at radius 3 is 3.00 bits per heavy atom. The van der Waals surface area contributed by atoms with Crippen LogP contribution in [0.3, 0.4) is 0 Å². The molecule has 2 aromatic rings. The molecule has 0 saturated heterocycles. The van der Waals surface area contributed by atoms with E-state index < -0.39 is 0 Å². The highest BCUT2D eigenvalue weighted by Gasteiger charge is 2.23. The van der Waals surface area contributed by atoms with Crippen molar-refractivity contribution in [3.63, 3.8) is 0 Å². The van der Waals surface area contributed by atoms with E-state index in [0.29, 0.717) is 0 Å². The first-order chi connectivity index (χ1) is 9.65. The van der Waals surface area contributed by atoms with Gasteiger partial charge in [-0.2, -0.15) is 0 Å². The predicted octanol–water partition coefficient (Wildman–Crippen LogP) is 4.73. The number of thiophene rings is 1. The summed E-state index contributed by atoms with van der Waals surface area (Å²) in [6.07, 6.45) is 3.34. The molecule has 1 aromatic carbocycles. The third-order valence-electron chi connectivity index (χ3n) is 3.77. The molecule has 3 rings (SSSR count). The van der Waals surface area contributed by atoms with E-state index in [1.807, 2.05) is 29.6 Å². The van der Waals surface area contributed by atoms with Crippen molar-refractivity contribution in [3.05, 3.63) is 49.2 Å². The van der Waals surface area contributed by atoms with E-state index in [-0.39, 0.29) is 5.91 Å². The normalized spacial score (nSPS) is 17.6. The molecule has 1 amide bonds. The van der Waals surface area contributed by atoms with Crippen LogP contribution in [0.5, 0.6) is 0 Å². The van der Waals surface area contributed by atoms with Crippen LogP contribution < -0.4 is 5.32 Å². The van der Waals surface area contributed by atoms with Crippen molar-refractivity contribution in [1.82, 2.24) is 0 Å². The zero-order valence-electron chi connectivity index (χ0n) is 11.3. The summed E-state index contributed by atoms with van der Waals surface area (Å²) in [7, 11) is 0. The molecule has 104 valence electrons. The molecule has 0 radical (unpaired) electrons. The Morgan fingerprint density at radius 1 is 1.40 bits per heavy atom. The molecule has 0 fully saturated rings. The Morgan fingerprint density at radius 2 is 2.20 bits per heavy atom. The lowest BCUT2D eigenvalue weighted by Crippen LogP contribution is -2.16. The van der Waals surface area contributed by atoms with Gasteiger partial charge < -0.3 is 5.32 Å². The number of anilines is 1. The molecule has 0 spiro atoms. The predicted molar refractivity (Wildman–Crippen MR) is 92.6 cm³/mol. The van der Waals surface area contributed by atoms with Gasteiger partial charge in [-0.3, -0.25) is 4.79 Å². The largest absolute Gasteiger partial charge is 0.321 e. The van der Waals surface area contributed by atoms with Crippen molar-refractivity contribution in [2.24, 2.45) is 5.92 Å². The first kappa shape index (κ1) is 14.1. The molecule has 1 aliphatic rings. The summed E-state index contributed by atoms with van der Waals surface area (Å²) >= 11 is 3.98. The second-order valence-corrected chi connectivity index (χ2v) is 7.46. The van der Waals surface area contributed by atoms with Crippen LogP contribution in [0, 0.1) is 9.49 Å². The van der Waals surface area contributed by atoms with Gasteiger partial charge in [-0.1, -0.05) is 19.1 Å². The lowest BCUT2D eigenvalue weighted by atomic mass is 9.88. The molecule has 1 aliphatic carbocycles. The maximum absolute atomic E-state index is 12.5. The fourth-order valence-electron chi connectivity index (χ4n) is 2.62. The molecular formula is C16H16INOS. The van der Waals surface area contributed by atoms with E-state index in [0.717, 1.165) is 33.6 Å². The minimum Gasteiger partial charge on any atom is -0.321 e. The standard InChI is InChI=1S/C16H16INOS/c1-10-6-7-11-12(9-20-15(11)8-10)16(19)18-14-5-3-2-4-13(14)17/h2-5,9-10H,6-8H2,1H3,(H,18,19). The number of para-hydroxylation sites is 1. The Hall–Kier alpha value is -0.880. The number of halogens is 1. The number of amides is 1. The molecule has 2 nitrogen and oxygen atoms in total. The molecule has 20 heavy (non-hydrogen) atoms. The van der Waals surface area contributed by atoms with Crippen LogP contribution in [-0.4, -0.2) is 5.91 Å². The highest BCUT2D eigenvalue weighted by atomic mass is 127. The van der Waals surface area contributed by atoms with Gasteiger partial charge in [0.05, 0.1) is 11.3 Å². The van der Waals surface area contributed by atoms with Crippen LogP contribution in [-0.2, 0) is 12.8 Å². The average Bonchev–Trinajstić information content (AvgIpc) is 2.84. The minimum atomic E-state index is 0.0289. The number of nitrogens with one attached hydrogen (secondary N) is 1. The summed E-state index contributed by atoms with van der Waals surface area (Å²) in [5.41, 5.74) is 3.04. The van der Waals surface area contributed by atoms with Crippen molar-refractivity contribution < 1.29 is 4.79 Å². The number of hydrogen-bond donors (Lipinski definition) is 1. The maximum Gasteiger partial charge on any atom is 0.256 e. The number of fused-ring (bicyclic) bond motifs is 1. The molecule has 1 atom stereocenters. The molecule has 0 saturated carbocycles. The van der Waals surface area contributed by atoms with E-state index in [2.05, 4.69) is 34.8 Å². The third-order valence-corrected chi connectivity index (χ3v) is 5.76. The highest BCUT2D eigenvalue weighted by molar-refractivity contribution is 14.1. The lowest BCUT2D eigenvalue weighted by molar-refractivity contribution is 0.102. The van der Waals surface area contributed by atoms with Crippen LogP contribution in [0.2, 0.25) is 0 Å². The van der Waals surface area contributed by atoms with Crippen LogP contribution >= 0.6 is 33.9 Å². The topological polar surface area (TPSA) is 29.1 Å². The number of carbonyl (C=O) groups is 1. The molecule has 0 aliphatic heterocycles. The zero-order chi connectivity index (χ0) is 14.1. The van der Waals surface area contributed by atoms with Crippen LogP contribution in [0.25, 0.3) is 0 Å². The van der Waals surface area contributed by atoms with Crippen molar-refractivity contribution in [2.45, 2.75) is 26.2 Å². The van der Waals surface area contributed by atoms with Gasteiger partial charge >= 0.3 is 0 Å². The van der Waals surface area contributed by atoms with Gasteiger partial charge in [0, 0.05) is 13.8 Å². The van der Waals surface area contributed by atoms with Gasteiger partial charge in [-0.15, -0.1) is 11.3 Å². The summed E-state index contributed by atoms with van der Waals surface area (Å²) in [6, 6.07) is 7.87. The summed E-state index contributed by atoms with van der Waals surface area (Å²) in [5.74, 6) is 0.772. The molecular weight excluding hydrogens is 381 g/mol. The van der Waals surface area contributed by atoms with Crippen molar-refractivity contribution in [2.75, 3.05) is 5.32 Å². The fourth-order valence-corrected chi connectivity index (χ4v) is 4.39. The summed E-state index contributed by atoms with van der Waals surface area (Å²) in [4.78, 5) is 13.9. The first-order valence-electron chi connectivity index (χ1n) is 6.80. The lowest BCUT2D eigenvalue weighted by Gasteiger charge is -2.18. The summed E-state index contributed by atoms with van der Waals surface area (Å²) < 4.78 is 1.07. The van der Waals surface area contributed by atoms with Crippen molar-refractivity contribution in [3.8, 4) is 0 Å².